The van der Waals surface area contributed by atoms with E-state index in [2.05, 4.69) is 53.8 Å². The van der Waals surface area contributed by atoms with Crippen molar-refractivity contribution in [1.82, 2.24) is 5.32 Å². The Morgan fingerprint density at radius 3 is 2.32 bits per heavy atom. The third-order valence-electron chi connectivity index (χ3n) is 14.3. The molecule has 6 heteroatoms. The van der Waals surface area contributed by atoms with Crippen LogP contribution in [0.2, 0.25) is 0 Å². The molecule has 0 bridgehead atoms. The van der Waals surface area contributed by atoms with Gasteiger partial charge in [0.25, 0.3) is 0 Å². The summed E-state index contributed by atoms with van der Waals surface area (Å²) < 4.78 is 12.7. The van der Waals surface area contributed by atoms with Crippen molar-refractivity contribution in [2.45, 2.75) is 130 Å². The molecule has 5 aliphatic carbocycles. The molecule has 1 aliphatic heterocycles. The number of amides is 1. The summed E-state index contributed by atoms with van der Waals surface area (Å²) in [6.45, 7) is 16.0. The number of aliphatic hydroxyl groups is 2. The number of fused-ring (bicyclic) bond motifs is 4. The number of ether oxygens (including phenoxy) is 2. The Morgan fingerprint density at radius 1 is 1.00 bits per heavy atom. The SMILES string of the molecule is CNC(=O)OC(C(C)C)C1CC(C)C2C(O1)C(O)C1(C)C3CCC4C(C)(C)C(O)CCC45CC35CCC21C. The molecule has 3 N–H and O–H groups in total. The largest absolute Gasteiger partial charge is 0.443 e. The number of aliphatic hydroxyl groups excluding tert-OH is 2. The van der Waals surface area contributed by atoms with E-state index < -0.39 is 12.2 Å². The molecule has 0 aromatic carbocycles. The van der Waals surface area contributed by atoms with Gasteiger partial charge in [-0.05, 0) is 103 Å². The second-order valence-electron chi connectivity index (χ2n) is 15.9. The average Bonchev–Trinajstić information content (AvgIpc) is 3.49. The molecule has 216 valence electrons. The maximum absolute atomic E-state index is 12.4. The lowest BCUT2D eigenvalue weighted by Crippen LogP contribution is -2.59. The van der Waals surface area contributed by atoms with E-state index in [1.54, 1.807) is 7.05 Å². The fourth-order valence-electron chi connectivity index (χ4n) is 12.4. The number of carbonyl (C=O) groups is 1. The molecule has 13 unspecified atom stereocenters. The summed E-state index contributed by atoms with van der Waals surface area (Å²) in [6, 6.07) is 0. The van der Waals surface area contributed by atoms with Crippen molar-refractivity contribution in [2.24, 2.45) is 56.7 Å². The van der Waals surface area contributed by atoms with Gasteiger partial charge in [0.05, 0.1) is 24.4 Å². The van der Waals surface area contributed by atoms with E-state index in [1.807, 2.05) is 0 Å². The maximum Gasteiger partial charge on any atom is 0.407 e. The van der Waals surface area contributed by atoms with Crippen molar-refractivity contribution in [2.75, 3.05) is 7.05 Å². The van der Waals surface area contributed by atoms with Crippen molar-refractivity contribution in [1.29, 1.82) is 0 Å². The molecule has 38 heavy (non-hydrogen) atoms. The summed E-state index contributed by atoms with van der Waals surface area (Å²) in [7, 11) is 1.59. The van der Waals surface area contributed by atoms with Crippen LogP contribution in [0.5, 0.6) is 0 Å². The van der Waals surface area contributed by atoms with Crippen LogP contribution in [0.4, 0.5) is 4.79 Å². The fraction of sp³-hybridized carbons (Fsp3) is 0.969. The van der Waals surface area contributed by atoms with E-state index in [0.717, 1.165) is 32.1 Å². The highest BCUT2D eigenvalue weighted by Crippen LogP contribution is 2.89. The summed E-state index contributed by atoms with van der Waals surface area (Å²) in [5.41, 5.74) is 0.440. The van der Waals surface area contributed by atoms with Crippen LogP contribution in [0, 0.1) is 56.7 Å². The maximum atomic E-state index is 12.4. The molecule has 5 saturated carbocycles. The topological polar surface area (TPSA) is 88.0 Å². The third kappa shape index (κ3) is 3.09. The highest BCUT2D eigenvalue weighted by Gasteiger charge is 2.84. The van der Waals surface area contributed by atoms with Crippen LogP contribution in [0.3, 0.4) is 0 Å². The first-order valence-corrected chi connectivity index (χ1v) is 15.6. The Hall–Kier alpha value is -0.850. The molecular formula is C32H53NO5. The quantitative estimate of drug-likeness (QED) is 0.445. The Morgan fingerprint density at radius 2 is 1.66 bits per heavy atom. The van der Waals surface area contributed by atoms with Crippen LogP contribution in [-0.4, -0.2) is 53.9 Å². The van der Waals surface area contributed by atoms with Gasteiger partial charge < -0.3 is 25.0 Å². The van der Waals surface area contributed by atoms with Crippen LogP contribution in [-0.2, 0) is 9.47 Å². The summed E-state index contributed by atoms with van der Waals surface area (Å²) in [5, 5.41) is 25.9. The number of alkyl carbamates (subject to hydrolysis) is 1. The molecule has 13 atom stereocenters. The van der Waals surface area contributed by atoms with Crippen LogP contribution >= 0.6 is 0 Å². The van der Waals surface area contributed by atoms with Gasteiger partial charge in [-0.15, -0.1) is 0 Å². The predicted octanol–water partition coefficient (Wildman–Crippen LogP) is 5.54. The highest BCUT2D eigenvalue weighted by molar-refractivity contribution is 5.66. The van der Waals surface area contributed by atoms with Crippen molar-refractivity contribution >= 4 is 6.09 Å². The van der Waals surface area contributed by atoms with E-state index in [0.29, 0.717) is 34.5 Å². The number of nitrogens with one attached hydrogen (secondary N) is 1. The zero-order valence-corrected chi connectivity index (χ0v) is 25.0. The van der Waals surface area contributed by atoms with Crippen molar-refractivity contribution in [3.05, 3.63) is 0 Å². The normalized spacial score (nSPS) is 55.0. The first-order valence-electron chi connectivity index (χ1n) is 15.6. The van der Waals surface area contributed by atoms with Gasteiger partial charge in [-0.1, -0.05) is 48.5 Å². The molecule has 1 saturated heterocycles. The second-order valence-corrected chi connectivity index (χ2v) is 15.9. The van der Waals surface area contributed by atoms with Crippen molar-refractivity contribution in [3.8, 4) is 0 Å². The van der Waals surface area contributed by atoms with Gasteiger partial charge in [0, 0.05) is 12.5 Å². The molecule has 6 fully saturated rings. The number of carbonyl (C=O) groups excluding carboxylic acids is 1. The van der Waals surface area contributed by atoms with Crippen molar-refractivity contribution < 1.29 is 24.5 Å². The molecule has 6 rings (SSSR count). The molecule has 6 nitrogen and oxygen atoms in total. The average molecular weight is 532 g/mol. The molecule has 0 radical (unpaired) electrons. The van der Waals surface area contributed by atoms with Crippen LogP contribution in [0.15, 0.2) is 0 Å². The van der Waals surface area contributed by atoms with Gasteiger partial charge in [-0.3, -0.25) is 0 Å². The predicted molar refractivity (Wildman–Crippen MR) is 146 cm³/mol. The Balaban J connectivity index is 1.33. The van der Waals surface area contributed by atoms with Crippen LogP contribution in [0.1, 0.15) is 99.8 Å². The number of rotatable bonds is 3. The third-order valence-corrected chi connectivity index (χ3v) is 14.3. The lowest BCUT2D eigenvalue weighted by atomic mass is 9.41. The monoisotopic (exact) mass is 531 g/mol. The van der Waals surface area contributed by atoms with Gasteiger partial charge in [0.15, 0.2) is 0 Å². The Labute approximate surface area is 230 Å². The summed E-state index contributed by atoms with van der Waals surface area (Å²) >= 11 is 0. The van der Waals surface area contributed by atoms with E-state index in [-0.39, 0.29) is 46.6 Å². The molecule has 1 amide bonds. The summed E-state index contributed by atoms with van der Waals surface area (Å²) in [6.07, 6.45) is 7.03. The second kappa shape index (κ2) is 8.35. The van der Waals surface area contributed by atoms with Gasteiger partial charge in [0.1, 0.15) is 6.10 Å². The highest BCUT2D eigenvalue weighted by atomic mass is 16.6. The number of hydrogen-bond acceptors (Lipinski definition) is 5. The van der Waals surface area contributed by atoms with Gasteiger partial charge in [-0.25, -0.2) is 4.79 Å². The minimum atomic E-state index is -0.519. The smallest absolute Gasteiger partial charge is 0.407 e. The van der Waals surface area contributed by atoms with Crippen LogP contribution in [0.25, 0.3) is 0 Å². The minimum Gasteiger partial charge on any atom is -0.443 e. The summed E-state index contributed by atoms with van der Waals surface area (Å²) in [4.78, 5) is 12.2. The lowest BCUT2D eigenvalue weighted by Gasteiger charge is -2.63. The molecule has 2 spiro atoms. The first-order chi connectivity index (χ1) is 17.7. The van der Waals surface area contributed by atoms with E-state index in [1.165, 1.54) is 19.3 Å². The summed E-state index contributed by atoms with van der Waals surface area (Å²) in [5.74, 6) is 1.90. The van der Waals surface area contributed by atoms with E-state index in [4.69, 9.17) is 9.47 Å². The van der Waals surface area contributed by atoms with Gasteiger partial charge >= 0.3 is 6.09 Å². The minimum absolute atomic E-state index is 0.0205. The van der Waals surface area contributed by atoms with Crippen LogP contribution < -0.4 is 5.32 Å². The standard InChI is InChI=1S/C32H53NO5/c1-17(2)24(38-27(36)33-8)19-15-18(3)23-25(37-19)26(35)30(7)21-10-9-20-28(4,5)22(34)11-12-31(20)16-32(21,31)14-13-29(23,30)6/h17-26,34-35H,9-16H2,1-8H3,(H,33,36). The Bertz CT molecular complexity index is 983. The molecule has 0 aromatic rings. The molecular weight excluding hydrogens is 478 g/mol. The first kappa shape index (κ1) is 27.3. The molecule has 0 aromatic heterocycles. The van der Waals surface area contributed by atoms with Gasteiger partial charge in [0.2, 0.25) is 0 Å². The van der Waals surface area contributed by atoms with Crippen molar-refractivity contribution in [3.63, 3.8) is 0 Å². The number of hydrogen-bond donors (Lipinski definition) is 3. The molecule has 6 aliphatic rings. The fourth-order valence-corrected chi connectivity index (χ4v) is 12.4. The zero-order valence-electron chi connectivity index (χ0n) is 25.0. The zero-order chi connectivity index (χ0) is 27.6. The van der Waals surface area contributed by atoms with E-state index >= 15 is 0 Å². The molecule has 1 heterocycles. The lowest BCUT2D eigenvalue weighted by molar-refractivity contribution is -0.184. The van der Waals surface area contributed by atoms with Gasteiger partial charge in [-0.2, -0.15) is 0 Å². The van der Waals surface area contributed by atoms with E-state index in [9.17, 15) is 15.0 Å². The Kier molecular flexibility index (Phi) is 6.00.